The van der Waals surface area contributed by atoms with Crippen molar-refractivity contribution in [3.05, 3.63) is 78.2 Å². The van der Waals surface area contributed by atoms with E-state index >= 15 is 0 Å². The van der Waals surface area contributed by atoms with E-state index in [-0.39, 0.29) is 11.8 Å². The van der Waals surface area contributed by atoms with Crippen molar-refractivity contribution in [2.45, 2.75) is 25.2 Å². The Morgan fingerprint density at radius 2 is 1.97 bits per heavy atom. The van der Waals surface area contributed by atoms with Crippen LogP contribution in [0.3, 0.4) is 0 Å². The highest BCUT2D eigenvalue weighted by atomic mass is 16.5. The number of carbonyl (C=O) groups is 1. The Morgan fingerprint density at radius 3 is 2.72 bits per heavy atom. The van der Waals surface area contributed by atoms with Crippen molar-refractivity contribution in [2.24, 2.45) is 0 Å². The van der Waals surface area contributed by atoms with Gasteiger partial charge in [0.2, 0.25) is 5.91 Å². The lowest BCUT2D eigenvalue weighted by molar-refractivity contribution is -0.131. The van der Waals surface area contributed by atoms with Crippen LogP contribution in [-0.4, -0.2) is 41.0 Å². The predicted octanol–water partition coefficient (Wildman–Crippen LogP) is 4.10. The molecule has 0 saturated carbocycles. The molecule has 0 aliphatic carbocycles. The Kier molecular flexibility index (Phi) is 5.84. The fourth-order valence-electron chi connectivity index (χ4n) is 3.82. The van der Waals surface area contributed by atoms with E-state index in [9.17, 15) is 4.79 Å². The van der Waals surface area contributed by atoms with E-state index in [4.69, 9.17) is 9.72 Å². The first-order valence-electron chi connectivity index (χ1n) is 10.0. The predicted molar refractivity (Wildman–Crippen MR) is 113 cm³/mol. The van der Waals surface area contributed by atoms with Crippen molar-refractivity contribution < 1.29 is 9.53 Å². The van der Waals surface area contributed by atoms with Crippen LogP contribution in [0, 0.1) is 0 Å². The summed E-state index contributed by atoms with van der Waals surface area (Å²) in [6.45, 7) is 1.52. The summed E-state index contributed by atoms with van der Waals surface area (Å²) in [6.07, 6.45) is 4.13. The topological polar surface area (TPSA) is 55.3 Å². The highest BCUT2D eigenvalue weighted by Gasteiger charge is 2.26. The number of pyridine rings is 2. The molecule has 1 aliphatic rings. The van der Waals surface area contributed by atoms with Gasteiger partial charge in [0.25, 0.3) is 0 Å². The molecule has 1 saturated heterocycles. The standard InChI is InChI=1S/C24H25N3O2/c1-29-21-12-10-18(11-13-21)22-8-4-9-23(26-22)19-6-5-15-27(17-19)24(28)16-20-7-2-3-14-25-20/h2-4,7-14,19H,5-6,15-17H2,1H3/t19-/m1/s1. The second-order valence-corrected chi connectivity index (χ2v) is 7.35. The second kappa shape index (κ2) is 8.86. The van der Waals surface area contributed by atoms with Gasteiger partial charge in [0.05, 0.1) is 19.2 Å². The molecule has 29 heavy (non-hydrogen) atoms. The van der Waals surface area contributed by atoms with Crippen molar-refractivity contribution in [2.75, 3.05) is 20.2 Å². The van der Waals surface area contributed by atoms with E-state index < -0.39 is 0 Å². The summed E-state index contributed by atoms with van der Waals surface area (Å²) in [4.78, 5) is 23.9. The third-order valence-electron chi connectivity index (χ3n) is 5.41. The number of nitrogens with zero attached hydrogens (tertiary/aromatic N) is 3. The average Bonchev–Trinajstić information content (AvgIpc) is 2.80. The molecule has 2 aromatic heterocycles. The van der Waals surface area contributed by atoms with Crippen LogP contribution in [0.1, 0.15) is 30.1 Å². The normalized spacial score (nSPS) is 16.4. The van der Waals surface area contributed by atoms with Crippen molar-refractivity contribution in [1.29, 1.82) is 0 Å². The van der Waals surface area contributed by atoms with Gasteiger partial charge >= 0.3 is 0 Å². The molecule has 1 amide bonds. The maximum Gasteiger partial charge on any atom is 0.228 e. The zero-order valence-corrected chi connectivity index (χ0v) is 16.6. The molecular weight excluding hydrogens is 362 g/mol. The lowest BCUT2D eigenvalue weighted by Crippen LogP contribution is -2.40. The van der Waals surface area contributed by atoms with E-state index in [0.717, 1.165) is 47.8 Å². The summed E-state index contributed by atoms with van der Waals surface area (Å²) in [6, 6.07) is 19.8. The molecule has 3 aromatic rings. The Bertz CT molecular complexity index is 957. The fraction of sp³-hybridized carbons (Fsp3) is 0.292. The summed E-state index contributed by atoms with van der Waals surface area (Å²) < 4.78 is 5.24. The molecule has 5 heteroatoms. The van der Waals surface area contributed by atoms with Crippen LogP contribution in [0.4, 0.5) is 0 Å². The molecular formula is C24H25N3O2. The van der Waals surface area contributed by atoms with Crippen LogP contribution >= 0.6 is 0 Å². The smallest absolute Gasteiger partial charge is 0.228 e. The van der Waals surface area contributed by atoms with E-state index in [2.05, 4.69) is 17.1 Å². The highest BCUT2D eigenvalue weighted by Crippen LogP contribution is 2.28. The van der Waals surface area contributed by atoms with Gasteiger partial charge < -0.3 is 9.64 Å². The number of piperidine rings is 1. The molecule has 1 aliphatic heterocycles. The molecule has 1 atom stereocenters. The summed E-state index contributed by atoms with van der Waals surface area (Å²) in [5.74, 6) is 1.23. The maximum absolute atomic E-state index is 12.7. The largest absolute Gasteiger partial charge is 0.497 e. The number of ether oxygens (including phenoxy) is 1. The van der Waals surface area contributed by atoms with Gasteiger partial charge in [0, 0.05) is 42.2 Å². The third kappa shape index (κ3) is 4.62. The molecule has 5 nitrogen and oxygen atoms in total. The molecule has 3 heterocycles. The number of hydrogen-bond donors (Lipinski definition) is 0. The SMILES string of the molecule is COc1ccc(-c2cccc([C@@H]3CCCN(C(=O)Cc4ccccn4)C3)n2)cc1. The van der Waals surface area contributed by atoms with Crippen molar-refractivity contribution in [3.8, 4) is 17.0 Å². The number of likely N-dealkylation sites (tertiary alicyclic amines) is 1. The zero-order valence-electron chi connectivity index (χ0n) is 16.6. The molecule has 0 N–H and O–H groups in total. The molecule has 4 rings (SSSR count). The lowest BCUT2D eigenvalue weighted by Gasteiger charge is -2.32. The first-order chi connectivity index (χ1) is 14.2. The Morgan fingerprint density at radius 1 is 1.10 bits per heavy atom. The molecule has 0 unspecified atom stereocenters. The van der Waals surface area contributed by atoms with Crippen LogP contribution in [-0.2, 0) is 11.2 Å². The maximum atomic E-state index is 12.7. The number of amides is 1. The van der Waals surface area contributed by atoms with Gasteiger partial charge in [-0.15, -0.1) is 0 Å². The minimum Gasteiger partial charge on any atom is -0.497 e. The summed E-state index contributed by atoms with van der Waals surface area (Å²) >= 11 is 0. The molecule has 148 valence electrons. The summed E-state index contributed by atoms with van der Waals surface area (Å²) in [7, 11) is 1.66. The minimum atomic E-state index is 0.139. The molecule has 1 aromatic carbocycles. The van der Waals surface area contributed by atoms with E-state index in [1.807, 2.05) is 53.4 Å². The third-order valence-corrected chi connectivity index (χ3v) is 5.41. The van der Waals surface area contributed by atoms with Gasteiger partial charge in [-0.2, -0.15) is 0 Å². The number of aromatic nitrogens is 2. The Balaban J connectivity index is 1.47. The Hall–Kier alpha value is -3.21. The minimum absolute atomic E-state index is 0.139. The Labute approximate surface area is 171 Å². The number of methoxy groups -OCH3 is 1. The van der Waals surface area contributed by atoms with Gasteiger partial charge in [-0.3, -0.25) is 14.8 Å². The van der Waals surface area contributed by atoms with Crippen LogP contribution in [0.25, 0.3) is 11.3 Å². The van der Waals surface area contributed by atoms with Gasteiger partial charge in [0.15, 0.2) is 0 Å². The van der Waals surface area contributed by atoms with Gasteiger partial charge in [-0.25, -0.2) is 0 Å². The van der Waals surface area contributed by atoms with Crippen LogP contribution in [0.5, 0.6) is 5.75 Å². The van der Waals surface area contributed by atoms with Gasteiger partial charge in [-0.05, 0) is 61.4 Å². The van der Waals surface area contributed by atoms with E-state index in [0.29, 0.717) is 13.0 Å². The summed E-state index contributed by atoms with van der Waals surface area (Å²) in [5, 5.41) is 0. The molecule has 0 spiro atoms. The van der Waals surface area contributed by atoms with Crippen LogP contribution in [0.2, 0.25) is 0 Å². The van der Waals surface area contributed by atoms with Gasteiger partial charge in [-0.1, -0.05) is 12.1 Å². The number of benzene rings is 1. The summed E-state index contributed by atoms with van der Waals surface area (Å²) in [5.41, 5.74) is 3.88. The van der Waals surface area contributed by atoms with Crippen LogP contribution in [0.15, 0.2) is 66.9 Å². The molecule has 0 bridgehead atoms. The van der Waals surface area contributed by atoms with Crippen molar-refractivity contribution in [3.63, 3.8) is 0 Å². The fourth-order valence-corrected chi connectivity index (χ4v) is 3.82. The van der Waals surface area contributed by atoms with Crippen LogP contribution < -0.4 is 4.74 Å². The quantitative estimate of drug-likeness (QED) is 0.661. The first kappa shape index (κ1) is 19.1. The molecule has 0 radical (unpaired) electrons. The zero-order chi connectivity index (χ0) is 20.1. The van der Waals surface area contributed by atoms with Crippen molar-refractivity contribution in [1.82, 2.24) is 14.9 Å². The molecule has 1 fully saturated rings. The monoisotopic (exact) mass is 387 g/mol. The average molecular weight is 387 g/mol. The lowest BCUT2D eigenvalue weighted by atomic mass is 9.93. The number of hydrogen-bond acceptors (Lipinski definition) is 4. The van der Waals surface area contributed by atoms with E-state index in [1.54, 1.807) is 13.3 Å². The highest BCUT2D eigenvalue weighted by molar-refractivity contribution is 5.78. The number of carbonyl (C=O) groups excluding carboxylic acids is 1. The first-order valence-corrected chi connectivity index (χ1v) is 10.0. The second-order valence-electron chi connectivity index (χ2n) is 7.35. The van der Waals surface area contributed by atoms with Crippen molar-refractivity contribution >= 4 is 5.91 Å². The number of rotatable bonds is 5. The van der Waals surface area contributed by atoms with Gasteiger partial charge in [0.1, 0.15) is 5.75 Å². The van der Waals surface area contributed by atoms with E-state index in [1.165, 1.54) is 0 Å².